The highest BCUT2D eigenvalue weighted by molar-refractivity contribution is 6.31. The largest absolute Gasteiger partial charge is 0.395 e. The summed E-state index contributed by atoms with van der Waals surface area (Å²) in [6, 6.07) is 4.81. The standard InChI is InChI=1S/C14H19ClN2O3/c15-13-6-4-7-14(17(19)20)12(13)9-16-8-3-1-2-5-11(16)10-18/h4,6-7,11,18H,1-3,5,8-10H2. The molecule has 110 valence electrons. The molecule has 1 heterocycles. The summed E-state index contributed by atoms with van der Waals surface area (Å²) in [5, 5.41) is 21.0. The van der Waals surface area contributed by atoms with Crippen LogP contribution in [0.4, 0.5) is 5.69 Å². The highest BCUT2D eigenvalue weighted by Gasteiger charge is 2.25. The second-order valence-corrected chi connectivity index (χ2v) is 5.56. The quantitative estimate of drug-likeness (QED) is 0.685. The lowest BCUT2D eigenvalue weighted by atomic mass is 10.1. The number of nitro groups is 1. The molecule has 1 N–H and O–H groups in total. The third-order valence-corrected chi connectivity index (χ3v) is 4.22. The summed E-state index contributed by atoms with van der Waals surface area (Å²) >= 11 is 6.13. The van der Waals surface area contributed by atoms with Crippen LogP contribution < -0.4 is 0 Å². The zero-order chi connectivity index (χ0) is 14.5. The topological polar surface area (TPSA) is 66.6 Å². The molecule has 1 saturated heterocycles. The SMILES string of the molecule is O=[N+]([O-])c1cccc(Cl)c1CN1CCCCCC1CO. The van der Waals surface area contributed by atoms with Crippen molar-refractivity contribution >= 4 is 17.3 Å². The molecule has 0 radical (unpaired) electrons. The van der Waals surface area contributed by atoms with Gasteiger partial charge in [-0.1, -0.05) is 30.5 Å². The molecule has 1 atom stereocenters. The fourth-order valence-electron chi connectivity index (χ4n) is 2.73. The van der Waals surface area contributed by atoms with Gasteiger partial charge < -0.3 is 5.11 Å². The number of likely N-dealkylation sites (tertiary alicyclic amines) is 1. The molecular weight excluding hydrogens is 280 g/mol. The molecule has 5 nitrogen and oxygen atoms in total. The summed E-state index contributed by atoms with van der Waals surface area (Å²) in [6.07, 6.45) is 4.20. The predicted molar refractivity (Wildman–Crippen MR) is 77.9 cm³/mol. The lowest BCUT2D eigenvalue weighted by molar-refractivity contribution is -0.385. The number of benzene rings is 1. The van der Waals surface area contributed by atoms with E-state index >= 15 is 0 Å². The first-order valence-corrected chi connectivity index (χ1v) is 7.28. The number of hydrogen-bond acceptors (Lipinski definition) is 4. The summed E-state index contributed by atoms with van der Waals surface area (Å²) in [4.78, 5) is 12.8. The molecule has 1 aliphatic rings. The molecule has 0 spiro atoms. The van der Waals surface area contributed by atoms with Crippen LogP contribution in [0.2, 0.25) is 5.02 Å². The monoisotopic (exact) mass is 298 g/mol. The molecule has 6 heteroatoms. The lowest BCUT2D eigenvalue weighted by Crippen LogP contribution is -2.37. The minimum absolute atomic E-state index is 0.0541. The first kappa shape index (κ1) is 15.2. The van der Waals surface area contributed by atoms with E-state index in [4.69, 9.17) is 11.6 Å². The Labute approximate surface area is 123 Å². The van der Waals surface area contributed by atoms with Gasteiger partial charge in [-0.25, -0.2) is 0 Å². The van der Waals surface area contributed by atoms with Gasteiger partial charge in [0.2, 0.25) is 0 Å². The first-order valence-electron chi connectivity index (χ1n) is 6.90. The second kappa shape index (κ2) is 7.02. The lowest BCUT2D eigenvalue weighted by Gasteiger charge is -2.28. The van der Waals surface area contributed by atoms with Crippen molar-refractivity contribution in [2.75, 3.05) is 13.2 Å². The molecule has 0 amide bonds. The second-order valence-electron chi connectivity index (χ2n) is 5.15. The van der Waals surface area contributed by atoms with Gasteiger partial charge in [-0.2, -0.15) is 0 Å². The number of hydrogen-bond donors (Lipinski definition) is 1. The summed E-state index contributed by atoms with van der Waals surface area (Å²) in [6.45, 7) is 1.34. The maximum absolute atomic E-state index is 11.1. The minimum Gasteiger partial charge on any atom is -0.395 e. The van der Waals surface area contributed by atoms with Crippen molar-refractivity contribution in [1.82, 2.24) is 4.90 Å². The number of aliphatic hydroxyl groups is 1. The zero-order valence-corrected chi connectivity index (χ0v) is 12.1. The van der Waals surface area contributed by atoms with Crippen LogP contribution in [0.25, 0.3) is 0 Å². The first-order chi connectivity index (χ1) is 9.63. The van der Waals surface area contributed by atoms with Gasteiger partial charge in [0.1, 0.15) is 0 Å². The average Bonchev–Trinajstić information content (AvgIpc) is 2.65. The van der Waals surface area contributed by atoms with Crippen molar-refractivity contribution in [2.24, 2.45) is 0 Å². The molecule has 1 fully saturated rings. The highest BCUT2D eigenvalue weighted by atomic mass is 35.5. The van der Waals surface area contributed by atoms with Gasteiger partial charge in [0.15, 0.2) is 0 Å². The predicted octanol–water partition coefficient (Wildman–Crippen LogP) is 2.99. The number of halogens is 1. The van der Waals surface area contributed by atoms with E-state index in [0.29, 0.717) is 17.1 Å². The highest BCUT2D eigenvalue weighted by Crippen LogP contribution is 2.29. The summed E-state index contributed by atoms with van der Waals surface area (Å²) in [7, 11) is 0. The van der Waals surface area contributed by atoms with E-state index in [-0.39, 0.29) is 18.3 Å². The van der Waals surface area contributed by atoms with E-state index in [1.807, 2.05) is 0 Å². The van der Waals surface area contributed by atoms with E-state index in [1.54, 1.807) is 12.1 Å². The van der Waals surface area contributed by atoms with E-state index in [2.05, 4.69) is 4.90 Å². The van der Waals surface area contributed by atoms with E-state index in [9.17, 15) is 15.2 Å². The average molecular weight is 299 g/mol. The fraction of sp³-hybridized carbons (Fsp3) is 0.571. The van der Waals surface area contributed by atoms with Gasteiger partial charge in [-0.3, -0.25) is 15.0 Å². The van der Waals surface area contributed by atoms with Gasteiger partial charge in [0, 0.05) is 18.7 Å². The number of rotatable bonds is 4. The number of nitrogens with zero attached hydrogens (tertiary/aromatic N) is 2. The molecule has 1 aliphatic heterocycles. The summed E-state index contributed by atoms with van der Waals surface area (Å²) in [5.41, 5.74) is 0.595. The van der Waals surface area contributed by atoms with Gasteiger partial charge in [0.05, 0.1) is 22.1 Å². The minimum atomic E-state index is -0.396. The van der Waals surface area contributed by atoms with E-state index < -0.39 is 4.92 Å². The van der Waals surface area contributed by atoms with Crippen LogP contribution in [0, 0.1) is 10.1 Å². The molecule has 0 bridgehead atoms. The Bertz CT molecular complexity index is 481. The maximum Gasteiger partial charge on any atom is 0.275 e. The molecule has 0 saturated carbocycles. The number of nitro benzene ring substituents is 1. The normalized spacial score (nSPS) is 20.6. The Balaban J connectivity index is 2.25. The molecule has 1 aromatic carbocycles. The Kier molecular flexibility index (Phi) is 5.34. The Morgan fingerprint density at radius 3 is 2.90 bits per heavy atom. The van der Waals surface area contributed by atoms with E-state index in [1.165, 1.54) is 6.07 Å². The summed E-state index contributed by atoms with van der Waals surface area (Å²) < 4.78 is 0. The smallest absolute Gasteiger partial charge is 0.275 e. The van der Waals surface area contributed by atoms with Crippen molar-refractivity contribution in [3.63, 3.8) is 0 Å². The summed E-state index contributed by atoms with van der Waals surface area (Å²) in [5.74, 6) is 0. The van der Waals surface area contributed by atoms with Crippen LogP contribution in [-0.4, -0.2) is 34.1 Å². The van der Waals surface area contributed by atoms with Gasteiger partial charge in [-0.15, -0.1) is 0 Å². The zero-order valence-electron chi connectivity index (χ0n) is 11.3. The Morgan fingerprint density at radius 2 is 2.20 bits per heavy atom. The molecule has 0 aliphatic carbocycles. The Morgan fingerprint density at radius 1 is 1.40 bits per heavy atom. The van der Waals surface area contributed by atoms with Gasteiger partial charge in [0.25, 0.3) is 5.69 Å². The molecule has 20 heavy (non-hydrogen) atoms. The molecule has 2 rings (SSSR count). The van der Waals surface area contributed by atoms with Crippen LogP contribution in [0.3, 0.4) is 0 Å². The fourth-order valence-corrected chi connectivity index (χ4v) is 2.96. The van der Waals surface area contributed by atoms with Crippen LogP contribution in [0.5, 0.6) is 0 Å². The van der Waals surface area contributed by atoms with Crippen LogP contribution in [0.1, 0.15) is 31.2 Å². The van der Waals surface area contributed by atoms with Gasteiger partial charge >= 0.3 is 0 Å². The third kappa shape index (κ3) is 3.48. The molecule has 0 aromatic heterocycles. The van der Waals surface area contributed by atoms with Crippen LogP contribution in [0.15, 0.2) is 18.2 Å². The number of aliphatic hydroxyl groups excluding tert-OH is 1. The van der Waals surface area contributed by atoms with Crippen LogP contribution >= 0.6 is 11.6 Å². The van der Waals surface area contributed by atoms with Crippen molar-refractivity contribution in [1.29, 1.82) is 0 Å². The molecular formula is C14H19ClN2O3. The van der Waals surface area contributed by atoms with Crippen LogP contribution in [-0.2, 0) is 6.54 Å². The molecule has 1 unspecified atom stereocenters. The van der Waals surface area contributed by atoms with Crippen molar-refractivity contribution in [3.8, 4) is 0 Å². The van der Waals surface area contributed by atoms with Crippen molar-refractivity contribution in [3.05, 3.63) is 38.9 Å². The third-order valence-electron chi connectivity index (χ3n) is 3.86. The maximum atomic E-state index is 11.1. The van der Waals surface area contributed by atoms with E-state index in [0.717, 1.165) is 32.2 Å². The van der Waals surface area contributed by atoms with Crippen molar-refractivity contribution in [2.45, 2.75) is 38.3 Å². The van der Waals surface area contributed by atoms with Crippen molar-refractivity contribution < 1.29 is 10.0 Å². The molecule has 1 aromatic rings. The Hall–Kier alpha value is -1.17. The van der Waals surface area contributed by atoms with Gasteiger partial charge in [-0.05, 0) is 25.5 Å².